The van der Waals surface area contributed by atoms with Gasteiger partial charge in [0.05, 0.1) is 11.4 Å². The Bertz CT molecular complexity index is 551. The van der Waals surface area contributed by atoms with E-state index >= 15 is 0 Å². The maximum Gasteiger partial charge on any atom is 0.293 e. The smallest absolute Gasteiger partial charge is 0.293 e. The normalized spacial score (nSPS) is 10.2. The van der Waals surface area contributed by atoms with Crippen LogP contribution in [-0.4, -0.2) is 13.0 Å². The van der Waals surface area contributed by atoms with Gasteiger partial charge in [-0.05, 0) is 40.2 Å². The van der Waals surface area contributed by atoms with E-state index in [1.807, 2.05) is 12.1 Å². The van der Waals surface area contributed by atoms with Crippen LogP contribution >= 0.6 is 15.9 Å². The predicted molar refractivity (Wildman–Crippen MR) is 70.0 cm³/mol. The highest BCUT2D eigenvalue weighted by Gasteiger charge is 2.18. The van der Waals surface area contributed by atoms with Crippen molar-refractivity contribution in [2.75, 3.05) is 17.7 Å². The molecule has 0 spiro atoms. The Morgan fingerprint density at radius 2 is 2.00 bits per heavy atom. The molecule has 0 aliphatic heterocycles. The van der Waals surface area contributed by atoms with Crippen LogP contribution in [0.4, 0.5) is 11.4 Å². The summed E-state index contributed by atoms with van der Waals surface area (Å²) in [5.74, 6) is 0.0243. The Kier molecular flexibility index (Phi) is 3.19. The van der Waals surface area contributed by atoms with Gasteiger partial charge in [0.1, 0.15) is 0 Å². The average Bonchev–Trinajstić information content (AvgIpc) is 2.75. The molecule has 5 heteroatoms. The fraction of sp³-hybridized carbons (Fsp3) is 0.0833. The number of nitrogen functional groups attached to an aromatic ring is 1. The fourth-order valence-electron chi connectivity index (χ4n) is 1.50. The highest BCUT2D eigenvalue weighted by Crippen LogP contribution is 2.24. The van der Waals surface area contributed by atoms with E-state index < -0.39 is 0 Å². The van der Waals surface area contributed by atoms with E-state index in [0.717, 1.165) is 0 Å². The molecule has 1 amide bonds. The summed E-state index contributed by atoms with van der Waals surface area (Å²) in [6.07, 6.45) is 0. The minimum Gasteiger partial charge on any atom is -0.444 e. The van der Waals surface area contributed by atoms with Crippen molar-refractivity contribution in [2.45, 2.75) is 0 Å². The first kappa shape index (κ1) is 11.7. The molecule has 0 aliphatic rings. The number of para-hydroxylation sites is 2. The predicted octanol–water partition coefficient (Wildman–Crippen LogP) is 2.90. The van der Waals surface area contributed by atoms with Gasteiger partial charge in [-0.25, -0.2) is 0 Å². The number of rotatable bonds is 2. The van der Waals surface area contributed by atoms with E-state index in [2.05, 4.69) is 15.9 Å². The van der Waals surface area contributed by atoms with Crippen LogP contribution in [0.1, 0.15) is 10.6 Å². The van der Waals surface area contributed by atoms with Crippen molar-refractivity contribution in [3.63, 3.8) is 0 Å². The van der Waals surface area contributed by atoms with Gasteiger partial charge in [-0.1, -0.05) is 12.1 Å². The topological polar surface area (TPSA) is 59.5 Å². The van der Waals surface area contributed by atoms with Gasteiger partial charge in [0.15, 0.2) is 10.4 Å². The summed E-state index contributed by atoms with van der Waals surface area (Å²) in [6, 6.07) is 10.5. The zero-order valence-corrected chi connectivity index (χ0v) is 10.8. The minimum absolute atomic E-state index is 0.242. The Morgan fingerprint density at radius 1 is 1.29 bits per heavy atom. The first-order valence-electron chi connectivity index (χ1n) is 4.97. The van der Waals surface area contributed by atoms with Gasteiger partial charge in [0, 0.05) is 7.05 Å². The van der Waals surface area contributed by atoms with Crippen LogP contribution in [0, 0.1) is 0 Å². The molecule has 0 unspecified atom stereocenters. The van der Waals surface area contributed by atoms with Crippen molar-refractivity contribution in [3.05, 3.63) is 46.8 Å². The first-order valence-corrected chi connectivity index (χ1v) is 5.77. The number of hydrogen-bond acceptors (Lipinski definition) is 3. The molecule has 0 radical (unpaired) electrons. The van der Waals surface area contributed by atoms with E-state index in [-0.39, 0.29) is 11.7 Å². The molecule has 88 valence electrons. The maximum absolute atomic E-state index is 12.1. The number of halogens is 1. The van der Waals surface area contributed by atoms with Crippen molar-refractivity contribution >= 4 is 33.2 Å². The van der Waals surface area contributed by atoms with Gasteiger partial charge < -0.3 is 15.1 Å². The van der Waals surface area contributed by atoms with Crippen molar-refractivity contribution < 1.29 is 9.21 Å². The molecule has 2 N–H and O–H groups in total. The number of nitrogens with two attached hydrogens (primary N) is 1. The third-order valence-electron chi connectivity index (χ3n) is 2.39. The van der Waals surface area contributed by atoms with Crippen LogP contribution < -0.4 is 10.6 Å². The maximum atomic E-state index is 12.1. The summed E-state index contributed by atoms with van der Waals surface area (Å²) in [4.78, 5) is 13.5. The van der Waals surface area contributed by atoms with E-state index in [0.29, 0.717) is 16.0 Å². The zero-order valence-electron chi connectivity index (χ0n) is 9.18. The fourth-order valence-corrected chi connectivity index (χ4v) is 1.80. The largest absolute Gasteiger partial charge is 0.444 e. The van der Waals surface area contributed by atoms with Gasteiger partial charge >= 0.3 is 0 Å². The summed E-state index contributed by atoms with van der Waals surface area (Å²) in [7, 11) is 1.66. The van der Waals surface area contributed by atoms with Crippen LogP contribution in [0.15, 0.2) is 45.5 Å². The van der Waals surface area contributed by atoms with Crippen LogP contribution in [0.2, 0.25) is 0 Å². The highest BCUT2D eigenvalue weighted by molar-refractivity contribution is 9.10. The second-order valence-electron chi connectivity index (χ2n) is 3.53. The molecule has 1 heterocycles. The molecule has 0 aliphatic carbocycles. The van der Waals surface area contributed by atoms with Crippen LogP contribution in [0.25, 0.3) is 0 Å². The number of anilines is 2. The van der Waals surface area contributed by atoms with Crippen LogP contribution in [-0.2, 0) is 0 Å². The summed E-state index contributed by atoms with van der Waals surface area (Å²) in [5.41, 5.74) is 7.02. The number of furan rings is 1. The van der Waals surface area contributed by atoms with Crippen molar-refractivity contribution in [1.29, 1.82) is 0 Å². The average molecular weight is 295 g/mol. The molecule has 4 nitrogen and oxygen atoms in total. The second kappa shape index (κ2) is 4.63. The molecule has 1 aromatic heterocycles. The zero-order chi connectivity index (χ0) is 12.4. The van der Waals surface area contributed by atoms with E-state index in [9.17, 15) is 4.79 Å². The molecule has 0 bridgehead atoms. The molecule has 0 saturated heterocycles. The van der Waals surface area contributed by atoms with Crippen LogP contribution in [0.3, 0.4) is 0 Å². The lowest BCUT2D eigenvalue weighted by Gasteiger charge is -2.17. The monoisotopic (exact) mass is 294 g/mol. The number of nitrogens with zero attached hydrogens (tertiary/aromatic N) is 1. The number of carbonyl (C=O) groups excluding carboxylic acids is 1. The first-order chi connectivity index (χ1) is 8.09. The van der Waals surface area contributed by atoms with Crippen molar-refractivity contribution in [2.24, 2.45) is 0 Å². The molecule has 1 aromatic carbocycles. The lowest BCUT2D eigenvalue weighted by molar-refractivity contribution is 0.0965. The number of hydrogen-bond donors (Lipinski definition) is 1. The second-order valence-corrected chi connectivity index (χ2v) is 4.31. The molecular weight excluding hydrogens is 284 g/mol. The Balaban J connectivity index is 2.29. The van der Waals surface area contributed by atoms with Gasteiger partial charge in [-0.3, -0.25) is 4.79 Å². The van der Waals surface area contributed by atoms with E-state index in [1.165, 1.54) is 4.90 Å². The third-order valence-corrected chi connectivity index (χ3v) is 2.81. The van der Waals surface area contributed by atoms with Crippen LogP contribution in [0.5, 0.6) is 0 Å². The number of amides is 1. The summed E-state index contributed by atoms with van der Waals surface area (Å²) in [5, 5.41) is 0. The summed E-state index contributed by atoms with van der Waals surface area (Å²) >= 11 is 3.16. The van der Waals surface area contributed by atoms with Crippen molar-refractivity contribution in [3.8, 4) is 0 Å². The quantitative estimate of drug-likeness (QED) is 0.867. The summed E-state index contributed by atoms with van der Waals surface area (Å²) in [6.45, 7) is 0. The molecule has 0 saturated carbocycles. The lowest BCUT2D eigenvalue weighted by atomic mass is 10.2. The molecule has 17 heavy (non-hydrogen) atoms. The van der Waals surface area contributed by atoms with Gasteiger partial charge in [-0.15, -0.1) is 0 Å². The Hall–Kier alpha value is -1.75. The van der Waals surface area contributed by atoms with Gasteiger partial charge in [-0.2, -0.15) is 0 Å². The Labute approximate surface area is 107 Å². The standard InChI is InChI=1S/C12H11BrN2O2/c1-15(9-5-3-2-4-8(9)14)12(16)10-6-7-11(13)17-10/h2-7H,14H2,1H3. The molecule has 2 aromatic rings. The van der Waals surface area contributed by atoms with E-state index in [4.69, 9.17) is 10.2 Å². The lowest BCUT2D eigenvalue weighted by Crippen LogP contribution is -2.26. The van der Waals surface area contributed by atoms with Crippen molar-refractivity contribution in [1.82, 2.24) is 0 Å². The number of benzene rings is 1. The Morgan fingerprint density at radius 3 is 2.59 bits per heavy atom. The molecule has 2 rings (SSSR count). The molecular formula is C12H11BrN2O2. The molecule has 0 fully saturated rings. The SMILES string of the molecule is CN(C(=O)c1ccc(Br)o1)c1ccccc1N. The minimum atomic E-state index is -0.242. The van der Waals surface area contributed by atoms with E-state index in [1.54, 1.807) is 31.3 Å². The van der Waals surface area contributed by atoms with Gasteiger partial charge in [0.2, 0.25) is 0 Å². The number of carbonyl (C=O) groups is 1. The highest BCUT2D eigenvalue weighted by atomic mass is 79.9. The third kappa shape index (κ3) is 2.34. The summed E-state index contributed by atoms with van der Waals surface area (Å²) < 4.78 is 5.74. The molecule has 0 atom stereocenters. The van der Waals surface area contributed by atoms with Gasteiger partial charge in [0.25, 0.3) is 5.91 Å².